The summed E-state index contributed by atoms with van der Waals surface area (Å²) in [6.07, 6.45) is 9.04. The van der Waals surface area contributed by atoms with Gasteiger partial charge < -0.3 is 19.2 Å². The molecule has 150 valence electrons. The van der Waals surface area contributed by atoms with Crippen LogP contribution >= 0.6 is 0 Å². The molecule has 29 heavy (non-hydrogen) atoms. The van der Waals surface area contributed by atoms with Crippen LogP contribution in [-0.4, -0.2) is 35.6 Å². The number of nitrogens with zero attached hydrogens (tertiary/aromatic N) is 2. The molecule has 0 bridgehead atoms. The number of nitrogens with one attached hydrogen (secondary N) is 1. The van der Waals surface area contributed by atoms with Crippen molar-refractivity contribution in [2.75, 3.05) is 25.6 Å². The molecule has 1 saturated heterocycles. The van der Waals surface area contributed by atoms with E-state index in [4.69, 9.17) is 14.5 Å². The zero-order valence-electron chi connectivity index (χ0n) is 16.6. The number of benzene rings is 1. The predicted molar refractivity (Wildman–Crippen MR) is 111 cm³/mol. The number of hydrogen-bond donors (Lipinski definition) is 1. The smallest absolute Gasteiger partial charge is 0.260 e. The highest BCUT2D eigenvalue weighted by molar-refractivity contribution is 6.06. The normalized spacial score (nSPS) is 16.7. The Balaban J connectivity index is 1.47. The molecule has 3 aromatic rings. The Morgan fingerprint density at radius 3 is 2.93 bits per heavy atom. The Labute approximate surface area is 169 Å². The Morgan fingerprint density at radius 2 is 2.10 bits per heavy atom. The van der Waals surface area contributed by atoms with Gasteiger partial charge in [0.2, 0.25) is 0 Å². The molecule has 0 radical (unpaired) electrons. The summed E-state index contributed by atoms with van der Waals surface area (Å²) in [5.74, 6) is 0.774. The van der Waals surface area contributed by atoms with Gasteiger partial charge in [-0.3, -0.25) is 4.79 Å². The molecule has 1 fully saturated rings. The topological polar surface area (TPSA) is 64.9 Å². The lowest BCUT2D eigenvalue weighted by molar-refractivity contribution is 0.0846. The van der Waals surface area contributed by atoms with Gasteiger partial charge in [-0.25, -0.2) is 4.98 Å². The molecule has 6 nitrogen and oxygen atoms in total. The van der Waals surface area contributed by atoms with Crippen LogP contribution in [0.1, 0.15) is 52.4 Å². The number of aryl methyl sites for hydroxylation is 1. The second-order valence-corrected chi connectivity index (χ2v) is 7.82. The average Bonchev–Trinajstić information content (AvgIpc) is 3.40. The molecule has 1 aliphatic heterocycles. The fraction of sp³-hybridized carbons (Fsp3) is 0.391. The third-order valence-electron chi connectivity index (χ3n) is 6.07. The molecule has 2 aliphatic rings. The fourth-order valence-corrected chi connectivity index (χ4v) is 4.49. The van der Waals surface area contributed by atoms with Crippen molar-refractivity contribution in [2.45, 2.75) is 38.0 Å². The maximum Gasteiger partial charge on any atom is 0.260 e. The first-order valence-corrected chi connectivity index (χ1v) is 10.3. The lowest BCUT2D eigenvalue weighted by Gasteiger charge is -2.19. The van der Waals surface area contributed by atoms with Gasteiger partial charge in [0, 0.05) is 43.3 Å². The van der Waals surface area contributed by atoms with Crippen molar-refractivity contribution in [2.24, 2.45) is 0 Å². The Morgan fingerprint density at radius 1 is 1.24 bits per heavy atom. The van der Waals surface area contributed by atoms with Crippen LogP contribution in [0.25, 0.3) is 5.65 Å². The number of carbonyl (C=O) groups is 1. The number of carbonyl (C=O) groups excluding carboxylic acids is 1. The molecule has 6 heteroatoms. The maximum absolute atomic E-state index is 13.1. The highest BCUT2D eigenvalue weighted by atomic mass is 16.5. The number of methoxy groups -OCH3 is 1. The average molecular weight is 391 g/mol. The van der Waals surface area contributed by atoms with Crippen LogP contribution in [0.4, 0.5) is 5.69 Å². The van der Waals surface area contributed by atoms with Gasteiger partial charge in [-0.1, -0.05) is 12.1 Å². The first-order valence-electron chi connectivity index (χ1n) is 10.3. The summed E-state index contributed by atoms with van der Waals surface area (Å²) < 4.78 is 12.9. The summed E-state index contributed by atoms with van der Waals surface area (Å²) in [5, 5.41) is 3.10. The van der Waals surface area contributed by atoms with Crippen molar-refractivity contribution < 1.29 is 14.3 Å². The van der Waals surface area contributed by atoms with Crippen molar-refractivity contribution in [1.29, 1.82) is 0 Å². The summed E-state index contributed by atoms with van der Waals surface area (Å²) in [7, 11) is 1.59. The minimum atomic E-state index is -0.162. The minimum absolute atomic E-state index is 0.162. The molecule has 3 heterocycles. The number of ether oxygens (including phenoxy) is 2. The summed E-state index contributed by atoms with van der Waals surface area (Å²) in [5.41, 5.74) is 5.84. The fourth-order valence-electron chi connectivity index (χ4n) is 4.49. The molecule has 0 unspecified atom stereocenters. The monoisotopic (exact) mass is 391 g/mol. The van der Waals surface area contributed by atoms with Gasteiger partial charge in [-0.2, -0.15) is 0 Å². The highest BCUT2D eigenvalue weighted by Gasteiger charge is 2.22. The minimum Gasteiger partial charge on any atom is -0.496 e. The van der Waals surface area contributed by atoms with Crippen LogP contribution in [0.3, 0.4) is 0 Å². The number of fused-ring (bicyclic) bond motifs is 2. The van der Waals surface area contributed by atoms with E-state index in [-0.39, 0.29) is 5.91 Å². The number of amides is 1. The third kappa shape index (κ3) is 3.38. The van der Waals surface area contributed by atoms with Crippen LogP contribution in [0, 0.1) is 0 Å². The number of aromatic nitrogens is 2. The summed E-state index contributed by atoms with van der Waals surface area (Å²) in [6, 6.07) is 7.98. The third-order valence-corrected chi connectivity index (χ3v) is 6.07. The van der Waals surface area contributed by atoms with E-state index in [0.717, 1.165) is 62.3 Å². The molecule has 0 saturated carbocycles. The number of rotatable bonds is 4. The van der Waals surface area contributed by atoms with E-state index in [1.165, 1.54) is 11.1 Å². The molecule has 5 rings (SSSR count). The van der Waals surface area contributed by atoms with Gasteiger partial charge in [0.25, 0.3) is 5.91 Å². The number of anilines is 1. The maximum atomic E-state index is 13.1. The zero-order chi connectivity index (χ0) is 19.8. The number of pyridine rings is 1. The van der Waals surface area contributed by atoms with Crippen molar-refractivity contribution in [3.63, 3.8) is 0 Å². The van der Waals surface area contributed by atoms with Crippen LogP contribution < -0.4 is 10.1 Å². The second-order valence-electron chi connectivity index (χ2n) is 7.82. The van der Waals surface area contributed by atoms with E-state index >= 15 is 0 Å². The first kappa shape index (κ1) is 18.2. The molecule has 0 atom stereocenters. The van der Waals surface area contributed by atoms with Crippen LogP contribution in [-0.2, 0) is 17.6 Å². The molecule has 1 aromatic carbocycles. The van der Waals surface area contributed by atoms with Gasteiger partial charge in [-0.05, 0) is 49.3 Å². The zero-order valence-corrected chi connectivity index (χ0v) is 16.6. The summed E-state index contributed by atoms with van der Waals surface area (Å²) in [6.45, 7) is 1.55. The van der Waals surface area contributed by atoms with Crippen molar-refractivity contribution in [1.82, 2.24) is 9.38 Å². The van der Waals surface area contributed by atoms with E-state index < -0.39 is 0 Å². The van der Waals surface area contributed by atoms with Crippen LogP contribution in [0.2, 0.25) is 0 Å². The molecule has 1 aliphatic carbocycles. The SMILES string of the molecule is COc1cc2nc(C3CCOCC3)cn2cc1C(=O)Nc1cccc2c1CCC2. The van der Waals surface area contributed by atoms with E-state index in [0.29, 0.717) is 17.2 Å². The first-order chi connectivity index (χ1) is 14.2. The van der Waals surface area contributed by atoms with Gasteiger partial charge in [0.15, 0.2) is 0 Å². The number of imidazole rings is 1. The van der Waals surface area contributed by atoms with Gasteiger partial charge >= 0.3 is 0 Å². The summed E-state index contributed by atoms with van der Waals surface area (Å²) >= 11 is 0. The van der Waals surface area contributed by atoms with E-state index in [9.17, 15) is 4.79 Å². The standard InChI is InChI=1S/C23H25N3O3/c1-28-21-12-22-24-20(16-8-10-29-11-9-16)14-26(22)13-18(21)23(27)25-19-7-3-5-15-4-2-6-17(15)19/h3,5,7,12-14,16H,2,4,6,8-11H2,1H3,(H,25,27). The van der Waals surface area contributed by atoms with Gasteiger partial charge in [0.1, 0.15) is 11.4 Å². The molecule has 1 N–H and O–H groups in total. The molecule has 1 amide bonds. The summed E-state index contributed by atoms with van der Waals surface area (Å²) in [4.78, 5) is 17.9. The van der Waals surface area contributed by atoms with Gasteiger partial charge in [-0.15, -0.1) is 0 Å². The molecular formula is C23H25N3O3. The lowest BCUT2D eigenvalue weighted by atomic mass is 9.97. The van der Waals surface area contributed by atoms with Crippen LogP contribution in [0.5, 0.6) is 5.75 Å². The van der Waals surface area contributed by atoms with E-state index in [1.54, 1.807) is 7.11 Å². The second kappa shape index (κ2) is 7.52. The van der Waals surface area contributed by atoms with E-state index in [1.807, 2.05) is 35.0 Å². The van der Waals surface area contributed by atoms with Crippen molar-refractivity contribution in [3.05, 3.63) is 59.0 Å². The molecular weight excluding hydrogens is 366 g/mol. The Kier molecular flexibility index (Phi) is 4.72. The Bertz CT molecular complexity index is 1070. The lowest BCUT2D eigenvalue weighted by Crippen LogP contribution is -2.15. The molecule has 2 aromatic heterocycles. The van der Waals surface area contributed by atoms with E-state index in [2.05, 4.69) is 11.4 Å². The Hall–Kier alpha value is -2.86. The van der Waals surface area contributed by atoms with Crippen LogP contribution in [0.15, 0.2) is 36.7 Å². The quantitative estimate of drug-likeness (QED) is 0.731. The van der Waals surface area contributed by atoms with Crippen molar-refractivity contribution in [3.8, 4) is 5.75 Å². The largest absolute Gasteiger partial charge is 0.496 e. The van der Waals surface area contributed by atoms with Crippen molar-refractivity contribution >= 4 is 17.2 Å². The predicted octanol–water partition coefficient (Wildman–Crippen LogP) is 3.98. The number of hydrogen-bond acceptors (Lipinski definition) is 4. The van der Waals surface area contributed by atoms with Gasteiger partial charge in [0.05, 0.1) is 18.4 Å². The molecule has 0 spiro atoms. The highest BCUT2D eigenvalue weighted by Crippen LogP contribution is 2.31.